The maximum Gasteiger partial charge on any atom is 0.253 e. The molecule has 2 N–H and O–H groups in total. The molecular formula is C34H28N4O4. The first kappa shape index (κ1) is 19.5. The molecule has 2 aromatic heterocycles. The first-order chi connectivity index (χ1) is 22.5. The van der Waals surface area contributed by atoms with Crippen LogP contribution in [-0.4, -0.2) is 50.1 Å². The van der Waals surface area contributed by atoms with E-state index in [1.807, 2.05) is 53.1 Å². The van der Waals surface area contributed by atoms with E-state index in [1.54, 1.807) is 6.92 Å². The van der Waals surface area contributed by atoms with Gasteiger partial charge < -0.3 is 29.2 Å². The molecule has 4 aromatic carbocycles. The lowest BCUT2D eigenvalue weighted by Gasteiger charge is -2.49. The fourth-order valence-corrected chi connectivity index (χ4v) is 7.72. The number of aromatic nitrogens is 2. The number of para-hydroxylation sites is 2. The highest BCUT2D eigenvalue weighted by Gasteiger charge is 2.54. The SMILES string of the molecule is [2H]c1c([2H])c([2H])c(C(=O)N(C)[C@@H]2C[C@H]3O[C@@](C)([C@@H]2O)n2c4ccccc4c4c5c(c6c7ccccc7n3c6c42)C(=O)NC5)c([2H])c1[2H]. The molecule has 3 aliphatic rings. The summed E-state index contributed by atoms with van der Waals surface area (Å²) in [5.41, 5.74) is 2.85. The maximum atomic E-state index is 14.1. The van der Waals surface area contributed by atoms with Crippen LogP contribution < -0.4 is 5.32 Å². The average molecular weight is 562 g/mol. The van der Waals surface area contributed by atoms with E-state index in [4.69, 9.17) is 11.6 Å². The normalized spacial score (nSPS) is 26.1. The van der Waals surface area contributed by atoms with Crippen molar-refractivity contribution in [3.8, 4) is 0 Å². The van der Waals surface area contributed by atoms with Crippen molar-refractivity contribution < 1.29 is 26.3 Å². The van der Waals surface area contributed by atoms with Gasteiger partial charge in [-0.25, -0.2) is 0 Å². The van der Waals surface area contributed by atoms with Crippen LogP contribution in [0, 0.1) is 0 Å². The molecule has 208 valence electrons. The fourth-order valence-electron chi connectivity index (χ4n) is 7.72. The topological polar surface area (TPSA) is 88.7 Å². The summed E-state index contributed by atoms with van der Waals surface area (Å²) in [5.74, 6) is -0.950. The largest absolute Gasteiger partial charge is 0.386 e. The van der Waals surface area contributed by atoms with E-state index in [1.165, 1.54) is 11.9 Å². The summed E-state index contributed by atoms with van der Waals surface area (Å²) in [6, 6.07) is 11.7. The van der Waals surface area contributed by atoms with E-state index in [0.29, 0.717) is 12.1 Å². The molecule has 2 amide bonds. The van der Waals surface area contributed by atoms with Gasteiger partial charge in [0.15, 0.2) is 5.72 Å². The van der Waals surface area contributed by atoms with Crippen molar-refractivity contribution in [2.24, 2.45) is 0 Å². The second-order valence-electron chi connectivity index (χ2n) is 11.5. The third-order valence-corrected chi connectivity index (χ3v) is 9.51. The molecule has 6 aromatic rings. The van der Waals surface area contributed by atoms with E-state index in [9.17, 15) is 14.7 Å². The molecular weight excluding hydrogens is 528 g/mol. The fraction of sp³-hybridized carbons (Fsp3) is 0.235. The molecule has 5 heterocycles. The Kier molecular flexibility index (Phi) is 3.70. The molecule has 1 fully saturated rings. The van der Waals surface area contributed by atoms with Gasteiger partial charge >= 0.3 is 0 Å². The van der Waals surface area contributed by atoms with Crippen LogP contribution in [0.5, 0.6) is 0 Å². The molecule has 8 nitrogen and oxygen atoms in total. The summed E-state index contributed by atoms with van der Waals surface area (Å²) in [4.78, 5) is 28.9. The van der Waals surface area contributed by atoms with Gasteiger partial charge in [0.05, 0.1) is 40.5 Å². The van der Waals surface area contributed by atoms with Gasteiger partial charge in [-0.3, -0.25) is 9.59 Å². The number of carbonyl (C=O) groups is 2. The molecule has 4 atom stereocenters. The number of hydrogen-bond acceptors (Lipinski definition) is 4. The van der Waals surface area contributed by atoms with E-state index in [2.05, 4.69) is 9.88 Å². The van der Waals surface area contributed by atoms with Gasteiger partial charge in [0.2, 0.25) is 0 Å². The second-order valence-corrected chi connectivity index (χ2v) is 11.5. The van der Waals surface area contributed by atoms with Crippen LogP contribution in [0.2, 0.25) is 0 Å². The summed E-state index contributed by atoms with van der Waals surface area (Å²) < 4.78 is 52.1. The van der Waals surface area contributed by atoms with Crippen molar-refractivity contribution in [1.29, 1.82) is 0 Å². The highest BCUT2D eigenvalue weighted by Crippen LogP contribution is 2.53. The molecule has 8 heteroatoms. The van der Waals surface area contributed by atoms with Crippen molar-refractivity contribution in [3.05, 3.63) is 95.4 Å². The Labute approximate surface area is 247 Å². The molecule has 1 saturated heterocycles. The number of nitrogens with zero attached hydrogens (tertiary/aromatic N) is 3. The molecule has 0 aliphatic carbocycles. The quantitative estimate of drug-likeness (QED) is 0.302. The molecule has 3 aliphatic heterocycles. The minimum atomic E-state index is -1.43. The lowest BCUT2D eigenvalue weighted by molar-refractivity contribution is -0.257. The predicted octanol–water partition coefficient (Wildman–Crippen LogP) is 5.25. The van der Waals surface area contributed by atoms with Gasteiger partial charge in [-0.05, 0) is 36.7 Å². The van der Waals surface area contributed by atoms with Crippen LogP contribution >= 0.6 is 0 Å². The van der Waals surface area contributed by atoms with Gasteiger partial charge in [0.1, 0.15) is 12.3 Å². The van der Waals surface area contributed by atoms with Crippen LogP contribution in [0.1, 0.15) is 52.7 Å². The summed E-state index contributed by atoms with van der Waals surface area (Å²) in [5, 5.41) is 18.9. The van der Waals surface area contributed by atoms with Crippen molar-refractivity contribution in [2.75, 3.05) is 7.05 Å². The zero-order valence-electron chi connectivity index (χ0n) is 27.8. The number of carbonyl (C=O) groups excluding carboxylic acids is 2. The number of ether oxygens (including phenoxy) is 1. The van der Waals surface area contributed by atoms with Gasteiger partial charge in [0.25, 0.3) is 11.8 Å². The number of fused-ring (bicyclic) bond motifs is 13. The molecule has 42 heavy (non-hydrogen) atoms. The first-order valence-corrected chi connectivity index (χ1v) is 14.0. The molecule has 0 spiro atoms. The Morgan fingerprint density at radius 2 is 1.74 bits per heavy atom. The van der Waals surface area contributed by atoms with Crippen LogP contribution in [0.15, 0.2) is 78.7 Å². The number of nitrogens with one attached hydrogen (secondary N) is 1. The smallest absolute Gasteiger partial charge is 0.253 e. The van der Waals surface area contributed by atoms with Crippen molar-refractivity contribution in [1.82, 2.24) is 19.4 Å². The molecule has 9 rings (SSSR count). The Balaban J connectivity index is 1.35. The van der Waals surface area contributed by atoms with Crippen LogP contribution in [0.3, 0.4) is 0 Å². The second kappa shape index (κ2) is 8.00. The summed E-state index contributed by atoms with van der Waals surface area (Å²) in [6.07, 6.45) is -1.90. The van der Waals surface area contributed by atoms with Gasteiger partial charge in [0, 0.05) is 47.1 Å². The lowest BCUT2D eigenvalue weighted by Crippen LogP contribution is -2.60. The van der Waals surface area contributed by atoms with Crippen LogP contribution in [0.25, 0.3) is 43.6 Å². The minimum Gasteiger partial charge on any atom is -0.386 e. The van der Waals surface area contributed by atoms with E-state index >= 15 is 0 Å². The molecule has 0 saturated carbocycles. The number of aliphatic hydroxyl groups is 1. The van der Waals surface area contributed by atoms with E-state index < -0.39 is 65.8 Å². The first-order valence-electron chi connectivity index (χ1n) is 16.5. The van der Waals surface area contributed by atoms with Crippen molar-refractivity contribution in [2.45, 2.75) is 44.0 Å². The number of hydrogen-bond donors (Lipinski definition) is 2. The Morgan fingerprint density at radius 3 is 2.50 bits per heavy atom. The summed E-state index contributed by atoms with van der Waals surface area (Å²) >= 11 is 0. The lowest BCUT2D eigenvalue weighted by atomic mass is 9.91. The predicted molar refractivity (Wildman–Crippen MR) is 160 cm³/mol. The highest BCUT2D eigenvalue weighted by atomic mass is 16.6. The Hall–Kier alpha value is -4.66. The molecule has 0 unspecified atom stereocenters. The molecule has 2 bridgehead atoms. The zero-order chi connectivity index (χ0) is 32.8. The maximum absolute atomic E-state index is 14.1. The number of amides is 2. The highest BCUT2D eigenvalue weighted by molar-refractivity contribution is 6.31. The van der Waals surface area contributed by atoms with Crippen molar-refractivity contribution >= 4 is 55.4 Å². The van der Waals surface area contributed by atoms with Gasteiger partial charge in [-0.1, -0.05) is 54.5 Å². The van der Waals surface area contributed by atoms with Gasteiger partial charge in [-0.15, -0.1) is 0 Å². The van der Waals surface area contributed by atoms with Crippen LogP contribution in [0.4, 0.5) is 0 Å². The third-order valence-electron chi connectivity index (χ3n) is 9.51. The standard InChI is InChI=1S/C34H28N4O4/c1-34-31(39)24(36(2)33(41)18-10-4-3-5-11-18)16-25(42-34)37-22-14-8-6-12-19(22)27-28-21(17-35-32(28)40)26-20-13-7-9-15-23(20)38(34)30(26)29(27)37/h3-15,24-25,31,39H,16-17H2,1-2H3,(H,35,40)/t24-,25-,31-,34+/m1/s1/i3D,4D,5D,10D,11D. The number of aliphatic hydroxyl groups excluding tert-OH is 1. The van der Waals surface area contributed by atoms with E-state index in [0.717, 1.165) is 49.2 Å². The molecule has 0 radical (unpaired) electrons. The third kappa shape index (κ3) is 2.74. The number of likely N-dealkylation sites (N-methyl/N-ethyl adjacent to an activating group) is 1. The van der Waals surface area contributed by atoms with E-state index in [-0.39, 0.29) is 12.3 Å². The van der Waals surface area contributed by atoms with Gasteiger partial charge in [-0.2, -0.15) is 0 Å². The number of benzene rings is 4. The average Bonchev–Trinajstić information content (AvgIpc) is 3.71. The number of rotatable bonds is 2. The summed E-state index contributed by atoms with van der Waals surface area (Å²) in [7, 11) is 1.48. The Morgan fingerprint density at radius 1 is 1.05 bits per heavy atom. The minimum absolute atomic E-state index is 0.124. The monoisotopic (exact) mass is 561 g/mol. The zero-order valence-corrected chi connectivity index (χ0v) is 22.8. The summed E-state index contributed by atoms with van der Waals surface area (Å²) in [6.45, 7) is 2.15. The van der Waals surface area contributed by atoms with Crippen molar-refractivity contribution in [3.63, 3.8) is 0 Å². The Bertz CT molecular complexity index is 2430. The van der Waals surface area contributed by atoms with Crippen LogP contribution in [-0.2, 0) is 17.0 Å².